The van der Waals surface area contributed by atoms with Gasteiger partial charge in [-0.1, -0.05) is 0 Å². The molecule has 1 amide bonds. The summed E-state index contributed by atoms with van der Waals surface area (Å²) in [6.07, 6.45) is 1.66. The third kappa shape index (κ3) is 5.21. The molecule has 0 saturated carbocycles. The largest absolute Gasteiger partial charge is 0.497 e. The van der Waals surface area contributed by atoms with Gasteiger partial charge in [-0.25, -0.2) is 13.7 Å². The van der Waals surface area contributed by atoms with Gasteiger partial charge in [0, 0.05) is 31.1 Å². The number of nitrogens with one attached hydrogen (secondary N) is 1. The van der Waals surface area contributed by atoms with E-state index in [1.807, 2.05) is 18.2 Å². The van der Waals surface area contributed by atoms with Gasteiger partial charge in [0.05, 0.1) is 24.1 Å². The predicted octanol–water partition coefficient (Wildman–Crippen LogP) is 2.87. The standard InChI is InChI=1S/C20H22N4O4S/c1-14(25)22-11-12-24-29(21,26)17-6-3-15(4-7-17)28-20-9-10-23-19-13-16(27-2)5-8-18(19)20/h3-10,13H,11-12H2,1-2H3,(H,22,25)(H2,21,24,26). The number of carbonyl (C=O) groups excluding carboxylic acids is 1. The molecule has 1 atom stereocenters. The summed E-state index contributed by atoms with van der Waals surface area (Å²) in [5.41, 5.74) is 0.751. The van der Waals surface area contributed by atoms with E-state index in [2.05, 4.69) is 14.7 Å². The van der Waals surface area contributed by atoms with Crippen LogP contribution in [-0.4, -0.2) is 35.3 Å². The summed E-state index contributed by atoms with van der Waals surface area (Å²) in [5.74, 6) is 1.74. The van der Waals surface area contributed by atoms with Crippen molar-refractivity contribution < 1.29 is 18.5 Å². The second kappa shape index (κ2) is 8.89. The number of rotatable bonds is 7. The fraction of sp³-hybridized carbons (Fsp3) is 0.200. The number of aromatic nitrogens is 1. The molecule has 0 fully saturated rings. The van der Waals surface area contributed by atoms with Crippen molar-refractivity contribution in [2.75, 3.05) is 20.2 Å². The molecule has 8 nitrogen and oxygen atoms in total. The molecule has 0 spiro atoms. The number of nitrogens with zero attached hydrogens (tertiary/aromatic N) is 2. The number of fused-ring (bicyclic) bond motifs is 1. The molecule has 3 aromatic rings. The molecule has 1 aromatic heterocycles. The highest BCUT2D eigenvalue weighted by Gasteiger charge is 2.09. The van der Waals surface area contributed by atoms with Gasteiger partial charge in [0.1, 0.15) is 27.2 Å². The molecule has 2 aromatic carbocycles. The third-order valence-electron chi connectivity index (χ3n) is 4.07. The highest BCUT2D eigenvalue weighted by molar-refractivity contribution is 7.91. The van der Waals surface area contributed by atoms with Crippen molar-refractivity contribution in [3.63, 3.8) is 0 Å². The van der Waals surface area contributed by atoms with Crippen molar-refractivity contribution in [2.45, 2.75) is 11.8 Å². The van der Waals surface area contributed by atoms with E-state index < -0.39 is 9.92 Å². The zero-order valence-corrected chi connectivity index (χ0v) is 16.9. The molecular weight excluding hydrogens is 392 g/mol. The maximum absolute atomic E-state index is 12.6. The summed E-state index contributed by atoms with van der Waals surface area (Å²) in [4.78, 5) is 15.6. The first kappa shape index (κ1) is 20.6. The molecule has 1 unspecified atom stereocenters. The molecule has 1 heterocycles. The maximum atomic E-state index is 12.6. The smallest absolute Gasteiger partial charge is 0.216 e. The minimum atomic E-state index is -3.05. The number of methoxy groups -OCH3 is 1. The van der Waals surface area contributed by atoms with Crippen LogP contribution in [-0.2, 0) is 14.7 Å². The zero-order chi connectivity index (χ0) is 20.9. The third-order valence-corrected chi connectivity index (χ3v) is 5.58. The number of hydrogen-bond donors (Lipinski definition) is 2. The molecule has 0 aliphatic rings. The summed E-state index contributed by atoms with van der Waals surface area (Å²) in [7, 11) is -1.44. The Balaban J connectivity index is 1.77. The fourth-order valence-corrected chi connectivity index (χ4v) is 3.67. The second-order valence-electron chi connectivity index (χ2n) is 6.17. The Morgan fingerprint density at radius 2 is 1.90 bits per heavy atom. The summed E-state index contributed by atoms with van der Waals surface area (Å²) < 4.78 is 27.8. The highest BCUT2D eigenvalue weighted by atomic mass is 32.2. The van der Waals surface area contributed by atoms with Crippen molar-refractivity contribution in [3.05, 3.63) is 54.7 Å². The molecule has 0 aliphatic carbocycles. The van der Waals surface area contributed by atoms with E-state index in [0.29, 0.717) is 22.1 Å². The summed E-state index contributed by atoms with van der Waals surface area (Å²) in [6, 6.07) is 13.9. The number of benzene rings is 2. The van der Waals surface area contributed by atoms with Crippen LogP contribution in [0.3, 0.4) is 0 Å². The fourth-order valence-electron chi connectivity index (χ4n) is 2.64. The van der Waals surface area contributed by atoms with Crippen LogP contribution in [0.2, 0.25) is 0 Å². The Kier molecular flexibility index (Phi) is 6.30. The van der Waals surface area contributed by atoms with Crippen LogP contribution in [0.15, 0.2) is 64.0 Å². The van der Waals surface area contributed by atoms with Gasteiger partial charge in [-0.3, -0.25) is 9.78 Å². The number of ether oxygens (including phenoxy) is 2. The lowest BCUT2D eigenvalue weighted by Gasteiger charge is -2.10. The van der Waals surface area contributed by atoms with Crippen LogP contribution in [0.5, 0.6) is 17.2 Å². The lowest BCUT2D eigenvalue weighted by atomic mass is 10.2. The van der Waals surface area contributed by atoms with Gasteiger partial charge in [-0.15, -0.1) is 0 Å². The molecule has 0 aliphatic heterocycles. The van der Waals surface area contributed by atoms with Crippen molar-refractivity contribution in [3.8, 4) is 17.2 Å². The Bertz CT molecular complexity index is 1140. The topological polar surface area (TPSA) is 116 Å². The number of nitrogens with two attached hydrogens (primary N) is 1. The molecule has 0 bridgehead atoms. The van der Waals surface area contributed by atoms with Crippen LogP contribution in [0, 0.1) is 0 Å². The monoisotopic (exact) mass is 414 g/mol. The molecule has 3 N–H and O–H groups in total. The maximum Gasteiger partial charge on any atom is 0.216 e. The van der Waals surface area contributed by atoms with Crippen LogP contribution in [0.4, 0.5) is 0 Å². The number of carbonyl (C=O) groups is 1. The normalized spacial score (nSPS) is 12.8. The molecule has 29 heavy (non-hydrogen) atoms. The van der Waals surface area contributed by atoms with E-state index in [1.165, 1.54) is 6.92 Å². The lowest BCUT2D eigenvalue weighted by Crippen LogP contribution is -2.24. The molecule has 3 rings (SSSR count). The Hall–Kier alpha value is -3.17. The second-order valence-corrected chi connectivity index (χ2v) is 8.04. The first-order chi connectivity index (χ1) is 13.9. The summed E-state index contributed by atoms with van der Waals surface area (Å²) in [5, 5.41) is 9.27. The zero-order valence-electron chi connectivity index (χ0n) is 16.1. The number of hydrogen-bond acceptors (Lipinski definition) is 6. The number of amides is 1. The van der Waals surface area contributed by atoms with Crippen LogP contribution in [0.1, 0.15) is 6.92 Å². The average Bonchev–Trinajstić information content (AvgIpc) is 2.71. The Labute approximate surface area is 169 Å². The summed E-state index contributed by atoms with van der Waals surface area (Å²) >= 11 is 0. The van der Waals surface area contributed by atoms with Crippen molar-refractivity contribution in [1.82, 2.24) is 10.3 Å². The van der Waals surface area contributed by atoms with Gasteiger partial charge >= 0.3 is 0 Å². The Morgan fingerprint density at radius 1 is 1.17 bits per heavy atom. The van der Waals surface area contributed by atoms with Gasteiger partial charge in [-0.2, -0.15) is 0 Å². The molecule has 0 radical (unpaired) electrons. The predicted molar refractivity (Wildman–Crippen MR) is 111 cm³/mol. The minimum Gasteiger partial charge on any atom is -0.497 e. The lowest BCUT2D eigenvalue weighted by molar-refractivity contribution is -0.118. The highest BCUT2D eigenvalue weighted by Crippen LogP contribution is 2.31. The quantitative estimate of drug-likeness (QED) is 0.577. The SMILES string of the molecule is COc1ccc2c(Oc3ccc(S(N)(=O)=NCCNC(C)=O)cc3)ccnc2c1. The first-order valence-corrected chi connectivity index (χ1v) is 10.4. The van der Waals surface area contributed by atoms with Gasteiger partial charge in [0.2, 0.25) is 5.91 Å². The van der Waals surface area contributed by atoms with E-state index in [1.54, 1.807) is 43.6 Å². The summed E-state index contributed by atoms with van der Waals surface area (Å²) in [6.45, 7) is 1.85. The van der Waals surface area contributed by atoms with Crippen molar-refractivity contribution in [2.24, 2.45) is 9.50 Å². The van der Waals surface area contributed by atoms with E-state index in [-0.39, 0.29) is 19.0 Å². The van der Waals surface area contributed by atoms with E-state index in [4.69, 9.17) is 14.6 Å². The van der Waals surface area contributed by atoms with E-state index in [0.717, 1.165) is 10.9 Å². The van der Waals surface area contributed by atoms with Crippen molar-refractivity contribution >= 4 is 26.7 Å². The molecular formula is C20H22N4O4S. The van der Waals surface area contributed by atoms with Crippen LogP contribution < -0.4 is 19.9 Å². The number of pyridine rings is 1. The molecule has 152 valence electrons. The van der Waals surface area contributed by atoms with Gasteiger partial charge < -0.3 is 14.8 Å². The van der Waals surface area contributed by atoms with E-state index in [9.17, 15) is 9.00 Å². The first-order valence-electron chi connectivity index (χ1n) is 8.85. The van der Waals surface area contributed by atoms with Crippen molar-refractivity contribution in [1.29, 1.82) is 0 Å². The minimum absolute atomic E-state index is 0.166. The average molecular weight is 414 g/mol. The Morgan fingerprint density at radius 3 is 2.59 bits per heavy atom. The van der Waals surface area contributed by atoms with Gasteiger partial charge in [0.25, 0.3) is 0 Å². The van der Waals surface area contributed by atoms with E-state index >= 15 is 0 Å². The molecule has 0 saturated heterocycles. The van der Waals surface area contributed by atoms with Gasteiger partial charge in [-0.05, 0) is 42.5 Å². The van der Waals surface area contributed by atoms with Gasteiger partial charge in [0.15, 0.2) is 0 Å². The van der Waals surface area contributed by atoms with Crippen LogP contribution in [0.25, 0.3) is 10.9 Å². The molecule has 9 heteroatoms. The van der Waals surface area contributed by atoms with Crippen LogP contribution >= 0.6 is 0 Å².